The molecular weight excluding hydrogens is 276 g/mol. The van der Waals surface area contributed by atoms with Gasteiger partial charge in [-0.25, -0.2) is 0 Å². The van der Waals surface area contributed by atoms with Gasteiger partial charge in [0.2, 0.25) is 0 Å². The molecule has 0 saturated heterocycles. The summed E-state index contributed by atoms with van der Waals surface area (Å²) in [7, 11) is 1.44. The molecule has 0 amide bonds. The lowest BCUT2D eigenvalue weighted by Crippen LogP contribution is -2.19. The van der Waals surface area contributed by atoms with E-state index in [0.29, 0.717) is 18.3 Å². The molecule has 0 heterocycles. The third-order valence-corrected chi connectivity index (χ3v) is 4.50. The summed E-state index contributed by atoms with van der Waals surface area (Å²) < 4.78 is 4.63. The van der Waals surface area contributed by atoms with Gasteiger partial charge >= 0.3 is 5.97 Å². The number of aliphatic hydroxyl groups excluding tert-OH is 1. The number of hydrogen-bond acceptors (Lipinski definition) is 3. The van der Waals surface area contributed by atoms with E-state index in [4.69, 9.17) is 0 Å². The van der Waals surface area contributed by atoms with Gasteiger partial charge in [0.1, 0.15) is 0 Å². The lowest BCUT2D eigenvalue weighted by Gasteiger charge is -2.21. The van der Waals surface area contributed by atoms with E-state index in [0.717, 1.165) is 32.1 Å². The fourth-order valence-corrected chi connectivity index (χ4v) is 3.12. The second-order valence-corrected chi connectivity index (χ2v) is 6.20. The molecule has 1 aliphatic carbocycles. The van der Waals surface area contributed by atoms with Gasteiger partial charge in [-0.2, -0.15) is 0 Å². The van der Waals surface area contributed by atoms with Crippen LogP contribution in [0.4, 0.5) is 0 Å². The predicted molar refractivity (Wildman–Crippen MR) is 90.5 cm³/mol. The molecule has 0 radical (unpaired) electrons. The normalized spacial score (nSPS) is 24.2. The Morgan fingerprint density at radius 1 is 1.14 bits per heavy atom. The van der Waals surface area contributed by atoms with Crippen molar-refractivity contribution in [3.05, 3.63) is 24.3 Å². The van der Waals surface area contributed by atoms with Crippen LogP contribution in [0.25, 0.3) is 0 Å². The number of esters is 1. The zero-order valence-corrected chi connectivity index (χ0v) is 14.2. The molecule has 0 aromatic rings. The standard InChI is InChI=1S/C19H32O3/c1-3-4-8-12-17-16(14-15-18(17)20)11-9-6-5-7-10-13-19(21)22-2/h4,8,14-18,20H,3,5-7,9-13H2,1-2H3/b8-4-/t16-,17-,18+/m0/s1. The highest BCUT2D eigenvalue weighted by Crippen LogP contribution is 2.33. The van der Waals surface area contributed by atoms with Gasteiger partial charge in [-0.15, -0.1) is 0 Å². The fraction of sp³-hybridized carbons (Fsp3) is 0.737. The van der Waals surface area contributed by atoms with Crippen molar-refractivity contribution in [1.29, 1.82) is 0 Å². The van der Waals surface area contributed by atoms with Gasteiger partial charge in [-0.1, -0.05) is 56.9 Å². The zero-order valence-electron chi connectivity index (χ0n) is 14.2. The van der Waals surface area contributed by atoms with Crippen LogP contribution in [0.3, 0.4) is 0 Å². The highest BCUT2D eigenvalue weighted by atomic mass is 16.5. The number of allylic oxidation sites excluding steroid dienone is 3. The van der Waals surface area contributed by atoms with Crippen molar-refractivity contribution < 1.29 is 14.6 Å². The van der Waals surface area contributed by atoms with Crippen LogP contribution < -0.4 is 0 Å². The number of unbranched alkanes of at least 4 members (excludes halogenated alkanes) is 4. The highest BCUT2D eigenvalue weighted by Gasteiger charge is 2.28. The van der Waals surface area contributed by atoms with Crippen LogP contribution in [0.2, 0.25) is 0 Å². The van der Waals surface area contributed by atoms with Crippen LogP contribution in [0, 0.1) is 11.8 Å². The molecule has 3 heteroatoms. The van der Waals surface area contributed by atoms with Crippen molar-refractivity contribution in [3.63, 3.8) is 0 Å². The lowest BCUT2D eigenvalue weighted by molar-refractivity contribution is -0.140. The maximum Gasteiger partial charge on any atom is 0.305 e. The van der Waals surface area contributed by atoms with Crippen molar-refractivity contribution in [1.82, 2.24) is 0 Å². The van der Waals surface area contributed by atoms with Gasteiger partial charge in [0.25, 0.3) is 0 Å². The number of carbonyl (C=O) groups excluding carboxylic acids is 1. The van der Waals surface area contributed by atoms with E-state index in [1.807, 2.05) is 6.08 Å². The molecule has 3 nitrogen and oxygen atoms in total. The van der Waals surface area contributed by atoms with Gasteiger partial charge in [0, 0.05) is 6.42 Å². The van der Waals surface area contributed by atoms with Crippen molar-refractivity contribution in [2.45, 2.75) is 70.8 Å². The van der Waals surface area contributed by atoms with Gasteiger partial charge < -0.3 is 9.84 Å². The van der Waals surface area contributed by atoms with Gasteiger partial charge in [0.15, 0.2) is 0 Å². The molecule has 0 spiro atoms. The van der Waals surface area contributed by atoms with Crippen LogP contribution in [0.15, 0.2) is 24.3 Å². The van der Waals surface area contributed by atoms with E-state index in [1.165, 1.54) is 26.4 Å². The second kappa shape index (κ2) is 11.5. The van der Waals surface area contributed by atoms with Crippen LogP contribution in [0.5, 0.6) is 0 Å². The maximum absolute atomic E-state index is 11.0. The van der Waals surface area contributed by atoms with Crippen LogP contribution in [-0.4, -0.2) is 24.3 Å². The lowest BCUT2D eigenvalue weighted by atomic mass is 9.86. The third kappa shape index (κ3) is 7.26. The summed E-state index contributed by atoms with van der Waals surface area (Å²) >= 11 is 0. The molecule has 1 rings (SSSR count). The number of hydrogen-bond donors (Lipinski definition) is 1. The summed E-state index contributed by atoms with van der Waals surface area (Å²) in [4.78, 5) is 11.0. The molecule has 126 valence electrons. The Morgan fingerprint density at radius 3 is 2.59 bits per heavy atom. The smallest absolute Gasteiger partial charge is 0.305 e. The minimum absolute atomic E-state index is 0.104. The first-order valence-corrected chi connectivity index (χ1v) is 8.77. The largest absolute Gasteiger partial charge is 0.469 e. The van der Waals surface area contributed by atoms with Gasteiger partial charge in [0.05, 0.1) is 13.2 Å². The van der Waals surface area contributed by atoms with E-state index in [9.17, 15) is 9.90 Å². The number of ether oxygens (including phenoxy) is 1. The first kappa shape index (κ1) is 19.0. The molecule has 3 atom stereocenters. The number of rotatable bonds is 11. The molecular formula is C19H32O3. The molecule has 0 aliphatic heterocycles. The molecule has 0 saturated carbocycles. The molecule has 1 aliphatic rings. The van der Waals surface area contributed by atoms with E-state index < -0.39 is 0 Å². The molecule has 0 aromatic heterocycles. The van der Waals surface area contributed by atoms with Crippen molar-refractivity contribution >= 4 is 5.97 Å². The van der Waals surface area contributed by atoms with E-state index in [2.05, 4.69) is 29.9 Å². The van der Waals surface area contributed by atoms with Crippen molar-refractivity contribution in [2.75, 3.05) is 7.11 Å². The average molecular weight is 308 g/mol. The number of carbonyl (C=O) groups is 1. The molecule has 0 aromatic carbocycles. The summed E-state index contributed by atoms with van der Waals surface area (Å²) in [5.74, 6) is 0.779. The van der Waals surface area contributed by atoms with Crippen LogP contribution in [0.1, 0.15) is 64.7 Å². The summed E-state index contributed by atoms with van der Waals surface area (Å²) in [6.07, 6.45) is 17.6. The molecule has 0 unspecified atom stereocenters. The second-order valence-electron chi connectivity index (χ2n) is 6.20. The van der Waals surface area contributed by atoms with E-state index in [1.54, 1.807) is 0 Å². The SMILES string of the molecule is CC/C=C\C[C@@H]1[C@H](O)C=C[C@@H]1CCCCCCCC(=O)OC. The Morgan fingerprint density at radius 2 is 1.86 bits per heavy atom. The summed E-state index contributed by atoms with van der Waals surface area (Å²) in [6.45, 7) is 2.14. The first-order chi connectivity index (χ1) is 10.7. The Hall–Kier alpha value is -1.09. The van der Waals surface area contributed by atoms with Crippen molar-refractivity contribution in [3.8, 4) is 0 Å². The average Bonchev–Trinajstić information content (AvgIpc) is 2.87. The van der Waals surface area contributed by atoms with Crippen LogP contribution in [-0.2, 0) is 9.53 Å². The zero-order chi connectivity index (χ0) is 16.2. The summed E-state index contributed by atoms with van der Waals surface area (Å²) in [5.41, 5.74) is 0. The van der Waals surface area contributed by atoms with E-state index >= 15 is 0 Å². The Labute approximate surface area is 135 Å². The van der Waals surface area contributed by atoms with Crippen molar-refractivity contribution in [2.24, 2.45) is 11.8 Å². The molecule has 0 bridgehead atoms. The van der Waals surface area contributed by atoms with Gasteiger partial charge in [-0.3, -0.25) is 4.79 Å². The summed E-state index contributed by atoms with van der Waals surface area (Å²) in [5, 5.41) is 10.0. The fourth-order valence-electron chi connectivity index (χ4n) is 3.12. The molecule has 0 fully saturated rings. The number of methoxy groups -OCH3 is 1. The Balaban J connectivity index is 2.11. The first-order valence-electron chi connectivity index (χ1n) is 8.77. The maximum atomic E-state index is 11.0. The summed E-state index contributed by atoms with van der Waals surface area (Å²) in [6, 6.07) is 0. The van der Waals surface area contributed by atoms with E-state index in [-0.39, 0.29) is 12.1 Å². The predicted octanol–water partition coefficient (Wildman–Crippen LogP) is 4.41. The quantitative estimate of drug-likeness (QED) is 0.349. The molecule has 1 N–H and O–H groups in total. The topological polar surface area (TPSA) is 46.5 Å². The monoisotopic (exact) mass is 308 g/mol. The molecule has 22 heavy (non-hydrogen) atoms. The Kier molecular flexibility index (Phi) is 9.89. The highest BCUT2D eigenvalue weighted by molar-refractivity contribution is 5.68. The van der Waals surface area contributed by atoms with Gasteiger partial charge in [-0.05, 0) is 37.5 Å². The number of aliphatic hydroxyl groups is 1. The minimum Gasteiger partial charge on any atom is -0.469 e. The van der Waals surface area contributed by atoms with Crippen LogP contribution >= 0.6 is 0 Å². The Bertz CT molecular complexity index is 360. The third-order valence-electron chi connectivity index (χ3n) is 4.50. The minimum atomic E-state index is -0.272.